The van der Waals surface area contributed by atoms with E-state index in [9.17, 15) is 4.79 Å². The van der Waals surface area contributed by atoms with Crippen LogP contribution in [-0.4, -0.2) is 5.78 Å². The van der Waals surface area contributed by atoms with Gasteiger partial charge in [-0.15, -0.1) is 4.91 Å². The van der Waals surface area contributed by atoms with E-state index in [0.29, 0.717) is 6.42 Å². The van der Waals surface area contributed by atoms with Gasteiger partial charge >= 0.3 is 0 Å². The lowest BCUT2D eigenvalue weighted by atomic mass is 10.4. The smallest absolute Gasteiger partial charge is 0.129 e. The molecule has 0 aromatic rings. The van der Waals surface area contributed by atoms with Gasteiger partial charge in [-0.1, -0.05) is 6.92 Å². The second-order valence-corrected chi connectivity index (χ2v) is 1.16. The minimum absolute atomic E-state index is 0.255. The molecule has 0 amide bonds. The second-order valence-electron chi connectivity index (χ2n) is 1.16. The first-order valence-electron chi connectivity index (χ1n) is 2.21. The van der Waals surface area contributed by atoms with Crippen LogP contribution in [-0.2, 0) is 4.79 Å². The number of ketones is 1. The normalized spacial score (nSPS) is 6.25. The number of nitrogens with two attached hydrogens (primary N) is 1. The first-order chi connectivity index (χ1) is 3.68. The van der Waals surface area contributed by atoms with Crippen LogP contribution in [0.15, 0.2) is 5.29 Å². The van der Waals surface area contributed by atoms with Crippen LogP contribution < -0.4 is 5.84 Å². The van der Waals surface area contributed by atoms with Crippen molar-refractivity contribution in [1.29, 1.82) is 0 Å². The van der Waals surface area contributed by atoms with Gasteiger partial charge in [0.15, 0.2) is 0 Å². The van der Waals surface area contributed by atoms with Crippen molar-refractivity contribution in [3.05, 3.63) is 4.91 Å². The lowest BCUT2D eigenvalue weighted by molar-refractivity contribution is -0.116. The van der Waals surface area contributed by atoms with Crippen LogP contribution >= 0.6 is 0 Å². The molecule has 0 unspecified atom stereocenters. The molecule has 0 bridgehead atoms. The van der Waals surface area contributed by atoms with Crippen LogP contribution in [0.25, 0.3) is 0 Å². The van der Waals surface area contributed by atoms with E-state index in [-0.39, 0.29) is 5.78 Å². The maximum absolute atomic E-state index is 9.81. The molecule has 4 heteroatoms. The molecule has 0 rings (SSSR count). The van der Waals surface area contributed by atoms with Crippen LogP contribution in [0.3, 0.4) is 0 Å². The Hall–Kier alpha value is -0.930. The van der Waals surface area contributed by atoms with Gasteiger partial charge in [-0.25, -0.2) is 0 Å². The molecule has 0 aliphatic heterocycles. The van der Waals surface area contributed by atoms with Crippen molar-refractivity contribution in [2.75, 3.05) is 0 Å². The number of hydrogen-bond acceptors (Lipinski definition) is 3. The Morgan fingerprint density at radius 2 is 1.88 bits per heavy atom. The number of rotatable bonds is 1. The van der Waals surface area contributed by atoms with Crippen molar-refractivity contribution >= 4 is 5.78 Å². The largest absolute Gasteiger partial charge is 0.300 e. The van der Waals surface area contributed by atoms with Crippen LogP contribution in [0, 0.1) is 4.91 Å². The summed E-state index contributed by atoms with van der Waals surface area (Å²) in [6, 6.07) is 0. The molecule has 0 fully saturated rings. The first kappa shape index (κ1) is 10.1. The lowest BCUT2D eigenvalue weighted by Crippen LogP contribution is -1.80. The molecule has 48 valence electrons. The van der Waals surface area contributed by atoms with E-state index in [1.807, 2.05) is 6.92 Å². The molecule has 0 aliphatic rings. The summed E-state index contributed by atoms with van der Waals surface area (Å²) >= 11 is 0. The minimum Gasteiger partial charge on any atom is -0.300 e. The third-order valence-electron chi connectivity index (χ3n) is 0.498. The zero-order chi connectivity index (χ0) is 6.99. The summed E-state index contributed by atoms with van der Waals surface area (Å²) in [5, 5.41) is 1.75. The molecule has 8 heavy (non-hydrogen) atoms. The van der Waals surface area contributed by atoms with E-state index >= 15 is 0 Å². The van der Waals surface area contributed by atoms with Gasteiger partial charge in [-0.2, -0.15) is 0 Å². The van der Waals surface area contributed by atoms with Crippen LogP contribution in [0.1, 0.15) is 20.3 Å². The predicted octanol–water partition coefficient (Wildman–Crippen LogP) is 0.612. The van der Waals surface area contributed by atoms with Crippen molar-refractivity contribution < 1.29 is 4.79 Å². The van der Waals surface area contributed by atoms with Crippen molar-refractivity contribution in [1.82, 2.24) is 0 Å². The molecule has 0 heterocycles. The summed E-state index contributed by atoms with van der Waals surface area (Å²) < 4.78 is 0. The predicted molar refractivity (Wildman–Crippen MR) is 31.0 cm³/mol. The molecular formula is C4H10N2O2. The number of carbonyl (C=O) groups is 1. The average Bonchev–Trinajstić information content (AvgIpc) is 1.69. The van der Waals surface area contributed by atoms with Crippen LogP contribution in [0.5, 0.6) is 0 Å². The highest BCUT2D eigenvalue weighted by Gasteiger charge is 1.76. The Bertz CT molecular complexity index is 72.4. The number of hydrogen-bond donors (Lipinski definition) is 1. The fraction of sp³-hybridized carbons (Fsp3) is 0.750. The third-order valence-corrected chi connectivity index (χ3v) is 0.498. The van der Waals surface area contributed by atoms with Crippen molar-refractivity contribution in [2.45, 2.75) is 20.3 Å². The Balaban J connectivity index is 0. The molecule has 0 saturated carbocycles. The standard InChI is InChI=1S/C4H8O.H2N2O/c1-3-4(2)5;1-2-3/h3H2,1-2H3;(H2,1,3). The topological polar surface area (TPSA) is 72.5 Å². The second kappa shape index (κ2) is 9.42. The zero-order valence-corrected chi connectivity index (χ0v) is 5.05. The number of nitrogens with zero attached hydrogens (tertiary/aromatic N) is 1. The first-order valence-corrected chi connectivity index (χ1v) is 2.21. The van der Waals surface area contributed by atoms with Crippen molar-refractivity contribution in [2.24, 2.45) is 11.1 Å². The van der Waals surface area contributed by atoms with Gasteiger partial charge in [-0.3, -0.25) is 5.84 Å². The summed E-state index contributed by atoms with van der Waals surface area (Å²) in [4.78, 5) is 18.1. The summed E-state index contributed by atoms with van der Waals surface area (Å²) in [6.45, 7) is 3.43. The van der Waals surface area contributed by atoms with Gasteiger partial charge in [0.05, 0.1) is 0 Å². The summed E-state index contributed by atoms with van der Waals surface area (Å²) in [7, 11) is 0. The Morgan fingerprint density at radius 1 is 1.75 bits per heavy atom. The van der Waals surface area contributed by atoms with E-state index < -0.39 is 0 Å². The molecule has 0 spiro atoms. The fourth-order valence-corrected chi connectivity index (χ4v) is 0. The quantitative estimate of drug-likeness (QED) is 0.311. The lowest BCUT2D eigenvalue weighted by Gasteiger charge is -1.71. The third kappa shape index (κ3) is 73.4. The van der Waals surface area contributed by atoms with Gasteiger partial charge in [0.25, 0.3) is 0 Å². The van der Waals surface area contributed by atoms with Gasteiger partial charge in [0.1, 0.15) is 5.78 Å². The van der Waals surface area contributed by atoms with Gasteiger partial charge in [-0.05, 0) is 6.92 Å². The maximum atomic E-state index is 9.81. The Kier molecular flexibility index (Phi) is 11.9. The molecule has 4 nitrogen and oxygen atoms in total. The zero-order valence-electron chi connectivity index (χ0n) is 5.05. The monoisotopic (exact) mass is 118 g/mol. The minimum atomic E-state index is 0.255. The molecule has 0 radical (unpaired) electrons. The van der Waals surface area contributed by atoms with E-state index in [1.165, 1.54) is 0 Å². The fourth-order valence-electron chi connectivity index (χ4n) is 0. The van der Waals surface area contributed by atoms with E-state index in [0.717, 1.165) is 0 Å². The molecule has 0 aromatic carbocycles. The highest BCUT2D eigenvalue weighted by atomic mass is 16.3. The number of Topliss-reactive ketones (excluding diaryl/α,β-unsaturated/α-hetero) is 1. The van der Waals surface area contributed by atoms with Crippen molar-refractivity contribution in [3.63, 3.8) is 0 Å². The molecule has 2 N–H and O–H groups in total. The number of nitroso groups, excluding NO2 is 1. The summed E-state index contributed by atoms with van der Waals surface area (Å²) in [5.74, 6) is 4.17. The van der Waals surface area contributed by atoms with Gasteiger partial charge in [0.2, 0.25) is 0 Å². The molecule has 0 saturated heterocycles. The van der Waals surface area contributed by atoms with Crippen molar-refractivity contribution in [3.8, 4) is 0 Å². The number of carbonyl (C=O) groups excluding carboxylic acids is 1. The van der Waals surface area contributed by atoms with Gasteiger partial charge in [0, 0.05) is 11.7 Å². The van der Waals surface area contributed by atoms with E-state index in [1.54, 1.807) is 12.2 Å². The summed E-state index contributed by atoms with van der Waals surface area (Å²) in [6.07, 6.45) is 0.667. The molecule has 0 atom stereocenters. The van der Waals surface area contributed by atoms with Crippen LogP contribution in [0.2, 0.25) is 0 Å². The SMILES string of the molecule is CCC(C)=O.NN=O. The highest BCUT2D eigenvalue weighted by Crippen LogP contribution is 1.71. The molecule has 0 aromatic heterocycles. The average molecular weight is 118 g/mol. The van der Waals surface area contributed by atoms with Crippen LogP contribution in [0.4, 0.5) is 0 Å². The molecular weight excluding hydrogens is 108 g/mol. The van der Waals surface area contributed by atoms with Gasteiger partial charge < -0.3 is 4.79 Å². The van der Waals surface area contributed by atoms with E-state index in [4.69, 9.17) is 4.91 Å². The summed E-state index contributed by atoms with van der Waals surface area (Å²) in [5.41, 5.74) is 0. The Morgan fingerprint density at radius 3 is 1.88 bits per heavy atom. The Labute approximate surface area is 48.0 Å². The van der Waals surface area contributed by atoms with E-state index in [2.05, 4.69) is 5.84 Å². The molecule has 0 aliphatic carbocycles. The maximum Gasteiger partial charge on any atom is 0.129 e. The highest BCUT2D eigenvalue weighted by molar-refractivity contribution is 5.74.